The van der Waals surface area contributed by atoms with Crippen molar-refractivity contribution in [2.45, 2.75) is 67.7 Å². The van der Waals surface area contributed by atoms with Crippen LogP contribution in [0.4, 0.5) is 0 Å². The first-order valence-corrected chi connectivity index (χ1v) is 7.74. The summed E-state index contributed by atoms with van der Waals surface area (Å²) in [5.41, 5.74) is 3.73. The van der Waals surface area contributed by atoms with Crippen molar-refractivity contribution in [1.29, 1.82) is 0 Å². The van der Waals surface area contributed by atoms with Crippen LogP contribution in [0, 0.1) is 10.8 Å². The first-order valence-electron chi connectivity index (χ1n) is 7.74. The zero-order chi connectivity index (χ0) is 16.4. The van der Waals surface area contributed by atoms with Gasteiger partial charge in [0.1, 0.15) is 5.76 Å². The molecule has 0 bridgehead atoms. The third-order valence-electron chi connectivity index (χ3n) is 3.82. The van der Waals surface area contributed by atoms with Crippen LogP contribution in [0.15, 0.2) is 35.1 Å². The van der Waals surface area contributed by atoms with Crippen molar-refractivity contribution in [1.82, 2.24) is 0 Å². The van der Waals surface area contributed by atoms with Crippen LogP contribution in [0.5, 0.6) is 0 Å². The lowest BCUT2D eigenvalue weighted by molar-refractivity contribution is -0.136. The third kappa shape index (κ3) is 4.33. The molecule has 0 radical (unpaired) electrons. The molecular weight excluding hydrogens is 260 g/mol. The SMILES string of the molecule is C=CCC1=C(C(C)(C)C)C(OC(C)=O)=C(C(C)(C)C)CC1. The molecule has 0 atom stereocenters. The van der Waals surface area contributed by atoms with E-state index in [1.807, 2.05) is 6.08 Å². The van der Waals surface area contributed by atoms with Gasteiger partial charge in [0.05, 0.1) is 0 Å². The summed E-state index contributed by atoms with van der Waals surface area (Å²) in [5.74, 6) is 0.568. The normalized spacial score (nSPS) is 17.1. The minimum Gasteiger partial charge on any atom is -0.426 e. The van der Waals surface area contributed by atoms with Gasteiger partial charge in [0.25, 0.3) is 0 Å². The molecule has 0 aromatic carbocycles. The lowest BCUT2D eigenvalue weighted by Crippen LogP contribution is -2.25. The second kappa shape index (κ2) is 6.21. The number of esters is 1. The molecule has 118 valence electrons. The molecule has 1 rings (SSSR count). The van der Waals surface area contributed by atoms with Gasteiger partial charge in [-0.3, -0.25) is 4.79 Å². The van der Waals surface area contributed by atoms with E-state index < -0.39 is 0 Å². The number of hydrogen-bond acceptors (Lipinski definition) is 2. The fourth-order valence-corrected chi connectivity index (χ4v) is 3.05. The first-order chi connectivity index (χ1) is 9.48. The number of ether oxygens (including phenoxy) is 1. The van der Waals surface area contributed by atoms with Gasteiger partial charge in [0.15, 0.2) is 0 Å². The van der Waals surface area contributed by atoms with Crippen LogP contribution in [0.1, 0.15) is 67.7 Å². The molecule has 0 aromatic rings. The molecule has 2 nitrogen and oxygen atoms in total. The van der Waals surface area contributed by atoms with Crippen LogP contribution in [-0.4, -0.2) is 5.97 Å². The average molecular weight is 290 g/mol. The predicted molar refractivity (Wildman–Crippen MR) is 88.8 cm³/mol. The van der Waals surface area contributed by atoms with Crippen LogP contribution in [0.2, 0.25) is 0 Å². The Labute approximate surface area is 130 Å². The molecule has 0 unspecified atom stereocenters. The maximum atomic E-state index is 11.6. The van der Waals surface area contributed by atoms with Gasteiger partial charge in [-0.05, 0) is 41.2 Å². The lowest BCUT2D eigenvalue weighted by atomic mass is 9.71. The van der Waals surface area contributed by atoms with E-state index in [4.69, 9.17) is 4.74 Å². The zero-order valence-corrected chi connectivity index (χ0v) is 14.7. The Hall–Kier alpha value is -1.31. The molecule has 0 amide bonds. The van der Waals surface area contributed by atoms with Crippen molar-refractivity contribution in [3.05, 3.63) is 35.1 Å². The number of rotatable bonds is 3. The van der Waals surface area contributed by atoms with E-state index in [2.05, 4.69) is 48.1 Å². The Kier molecular flexibility index (Phi) is 5.25. The summed E-state index contributed by atoms with van der Waals surface area (Å²) in [4.78, 5) is 11.6. The van der Waals surface area contributed by atoms with E-state index in [9.17, 15) is 4.79 Å². The fourth-order valence-electron chi connectivity index (χ4n) is 3.05. The maximum absolute atomic E-state index is 11.6. The van der Waals surface area contributed by atoms with Gasteiger partial charge in [-0.2, -0.15) is 0 Å². The summed E-state index contributed by atoms with van der Waals surface area (Å²) in [5, 5.41) is 0. The van der Waals surface area contributed by atoms with Crippen LogP contribution in [0.25, 0.3) is 0 Å². The monoisotopic (exact) mass is 290 g/mol. The van der Waals surface area contributed by atoms with Gasteiger partial charge in [0.2, 0.25) is 0 Å². The highest BCUT2D eigenvalue weighted by molar-refractivity contribution is 5.69. The third-order valence-corrected chi connectivity index (χ3v) is 3.82. The second-order valence-corrected chi connectivity index (χ2v) is 7.87. The highest BCUT2D eigenvalue weighted by Crippen LogP contribution is 2.47. The molecule has 0 saturated carbocycles. The topological polar surface area (TPSA) is 26.3 Å². The Bertz CT molecular complexity index is 491. The highest BCUT2D eigenvalue weighted by Gasteiger charge is 2.35. The molecule has 0 fully saturated rings. The summed E-state index contributed by atoms with van der Waals surface area (Å²) in [7, 11) is 0. The smallest absolute Gasteiger partial charge is 0.308 e. The molecule has 1 aliphatic rings. The van der Waals surface area contributed by atoms with Crippen LogP contribution in [-0.2, 0) is 9.53 Å². The standard InChI is InChI=1S/C19H30O2/c1-9-10-14-11-12-15(18(3,4)5)17(21-13(2)20)16(14)19(6,7)8/h9H,1,10-12H2,2-8H3. The second-order valence-electron chi connectivity index (χ2n) is 7.87. The number of hydrogen-bond donors (Lipinski definition) is 0. The molecule has 1 aliphatic carbocycles. The van der Waals surface area contributed by atoms with E-state index in [0.717, 1.165) is 25.0 Å². The van der Waals surface area contributed by atoms with E-state index >= 15 is 0 Å². The van der Waals surface area contributed by atoms with E-state index in [1.165, 1.54) is 23.6 Å². The molecule has 0 aliphatic heterocycles. The van der Waals surface area contributed by atoms with Gasteiger partial charge >= 0.3 is 5.97 Å². The number of allylic oxidation sites excluding steroid dienone is 4. The average Bonchev–Trinajstić information content (AvgIpc) is 2.25. The molecule has 21 heavy (non-hydrogen) atoms. The van der Waals surface area contributed by atoms with Crippen LogP contribution in [0.3, 0.4) is 0 Å². The van der Waals surface area contributed by atoms with Crippen LogP contribution >= 0.6 is 0 Å². The Balaban J connectivity index is 3.57. The van der Waals surface area contributed by atoms with Crippen molar-refractivity contribution in [2.24, 2.45) is 10.8 Å². The zero-order valence-electron chi connectivity index (χ0n) is 14.7. The molecule has 0 N–H and O–H groups in total. The fraction of sp³-hybridized carbons (Fsp3) is 0.632. The highest BCUT2D eigenvalue weighted by atomic mass is 16.5. The van der Waals surface area contributed by atoms with Gasteiger partial charge in [-0.15, -0.1) is 6.58 Å². The van der Waals surface area contributed by atoms with Crippen LogP contribution < -0.4 is 0 Å². The molecular formula is C19H30O2. The minimum absolute atomic E-state index is 0.000984. The summed E-state index contributed by atoms with van der Waals surface area (Å²) in [6, 6.07) is 0. The molecule has 2 heteroatoms. The van der Waals surface area contributed by atoms with Gasteiger partial charge in [-0.1, -0.05) is 53.2 Å². The van der Waals surface area contributed by atoms with Crippen molar-refractivity contribution < 1.29 is 9.53 Å². The summed E-state index contributed by atoms with van der Waals surface area (Å²) >= 11 is 0. The molecule has 0 heterocycles. The summed E-state index contributed by atoms with van der Waals surface area (Å²) in [6.07, 6.45) is 4.77. The minimum atomic E-state index is -0.242. The Morgan fingerprint density at radius 1 is 1.14 bits per heavy atom. The van der Waals surface area contributed by atoms with E-state index in [-0.39, 0.29) is 16.8 Å². The predicted octanol–water partition coefficient (Wildman–Crippen LogP) is 5.56. The lowest BCUT2D eigenvalue weighted by Gasteiger charge is -2.37. The Morgan fingerprint density at radius 3 is 2.10 bits per heavy atom. The summed E-state index contributed by atoms with van der Waals surface area (Å²) in [6.45, 7) is 18.4. The Morgan fingerprint density at radius 2 is 1.71 bits per heavy atom. The summed E-state index contributed by atoms with van der Waals surface area (Å²) < 4.78 is 5.69. The quantitative estimate of drug-likeness (QED) is 0.502. The van der Waals surface area contributed by atoms with Gasteiger partial charge in [0, 0.05) is 6.92 Å². The van der Waals surface area contributed by atoms with Crippen molar-refractivity contribution in [2.75, 3.05) is 0 Å². The number of carbonyl (C=O) groups excluding carboxylic acids is 1. The first kappa shape index (κ1) is 17.7. The van der Waals surface area contributed by atoms with Crippen molar-refractivity contribution in [3.63, 3.8) is 0 Å². The van der Waals surface area contributed by atoms with E-state index in [0.29, 0.717) is 0 Å². The molecule has 0 aromatic heterocycles. The van der Waals surface area contributed by atoms with E-state index in [1.54, 1.807) is 0 Å². The largest absolute Gasteiger partial charge is 0.426 e. The maximum Gasteiger partial charge on any atom is 0.308 e. The van der Waals surface area contributed by atoms with Crippen molar-refractivity contribution >= 4 is 5.97 Å². The molecule has 0 spiro atoms. The molecule has 0 saturated heterocycles. The van der Waals surface area contributed by atoms with Gasteiger partial charge in [-0.25, -0.2) is 0 Å². The van der Waals surface area contributed by atoms with Crippen molar-refractivity contribution in [3.8, 4) is 0 Å². The number of carbonyl (C=O) groups is 1. The van der Waals surface area contributed by atoms with Gasteiger partial charge < -0.3 is 4.74 Å².